The molecule has 2 atom stereocenters. The molecule has 1 aliphatic rings. The Morgan fingerprint density at radius 3 is 2.54 bits per heavy atom. The van der Waals surface area contributed by atoms with E-state index < -0.39 is 11.8 Å². The zero-order valence-electron chi connectivity index (χ0n) is 15.1. The van der Waals surface area contributed by atoms with Crippen LogP contribution in [0.5, 0.6) is 0 Å². The first kappa shape index (κ1) is 17.7. The van der Waals surface area contributed by atoms with Gasteiger partial charge in [0.15, 0.2) is 5.78 Å². The number of anilines is 1. The van der Waals surface area contributed by atoms with Gasteiger partial charge in [0.25, 0.3) is 0 Å². The molecule has 3 rings (SSSR count). The number of rotatable bonds is 4. The first-order valence-electron chi connectivity index (χ1n) is 8.51. The summed E-state index contributed by atoms with van der Waals surface area (Å²) in [6.45, 7) is 5.80. The minimum atomic E-state index is -0.980. The molecule has 1 fully saturated rings. The summed E-state index contributed by atoms with van der Waals surface area (Å²) in [6.07, 6.45) is 0.119. The molecule has 26 heavy (non-hydrogen) atoms. The van der Waals surface area contributed by atoms with Gasteiger partial charge in [0.1, 0.15) is 11.7 Å². The Kier molecular flexibility index (Phi) is 4.81. The van der Waals surface area contributed by atoms with Crippen LogP contribution in [-0.2, 0) is 9.59 Å². The van der Waals surface area contributed by atoms with Gasteiger partial charge >= 0.3 is 0 Å². The molecule has 1 amide bonds. The van der Waals surface area contributed by atoms with Gasteiger partial charge in [0.05, 0.1) is 11.8 Å². The number of nitrogens with zero attached hydrogens (tertiary/aromatic N) is 4. The van der Waals surface area contributed by atoms with Crippen molar-refractivity contribution in [1.29, 1.82) is 5.26 Å². The average molecular weight is 348 g/mol. The summed E-state index contributed by atoms with van der Waals surface area (Å²) in [5.41, 5.74) is 3.00. The van der Waals surface area contributed by atoms with Gasteiger partial charge in [-0.2, -0.15) is 5.26 Å². The molecular formula is C20H20N4O2. The molecule has 2 unspecified atom stereocenters. The van der Waals surface area contributed by atoms with E-state index in [1.54, 1.807) is 24.8 Å². The van der Waals surface area contributed by atoms with Crippen LogP contribution in [0.1, 0.15) is 35.1 Å². The van der Waals surface area contributed by atoms with Crippen LogP contribution in [0.15, 0.2) is 30.3 Å². The van der Waals surface area contributed by atoms with Gasteiger partial charge in [0, 0.05) is 30.3 Å². The molecule has 0 saturated carbocycles. The highest BCUT2D eigenvalue weighted by atomic mass is 16.2. The van der Waals surface area contributed by atoms with Crippen LogP contribution in [0.2, 0.25) is 0 Å². The number of ketones is 1. The Morgan fingerprint density at radius 2 is 1.92 bits per heavy atom. The normalized spacial score (nSPS) is 17.8. The van der Waals surface area contributed by atoms with Gasteiger partial charge in [0.2, 0.25) is 5.91 Å². The van der Waals surface area contributed by atoms with E-state index in [0.717, 1.165) is 11.3 Å². The fourth-order valence-corrected chi connectivity index (χ4v) is 3.28. The second-order valence-corrected chi connectivity index (χ2v) is 6.69. The third-order valence-corrected chi connectivity index (χ3v) is 4.57. The Balaban J connectivity index is 1.82. The maximum atomic E-state index is 12.9. The van der Waals surface area contributed by atoms with Crippen molar-refractivity contribution < 1.29 is 9.59 Å². The number of nitriles is 1. The number of hydrogen-bond acceptors (Lipinski definition) is 5. The van der Waals surface area contributed by atoms with Gasteiger partial charge in [-0.15, -0.1) is 0 Å². The average Bonchev–Trinajstić information content (AvgIpc) is 2.97. The maximum absolute atomic E-state index is 12.9. The summed E-state index contributed by atoms with van der Waals surface area (Å²) >= 11 is 0. The largest absolute Gasteiger partial charge is 0.312 e. The van der Waals surface area contributed by atoms with E-state index >= 15 is 0 Å². The minimum absolute atomic E-state index is 0.0982. The van der Waals surface area contributed by atoms with Crippen LogP contribution in [-0.4, -0.2) is 28.2 Å². The Hall–Kier alpha value is -3.07. The molecule has 6 heteroatoms. The summed E-state index contributed by atoms with van der Waals surface area (Å²) in [5.74, 6) is -1.32. The van der Waals surface area contributed by atoms with Crippen molar-refractivity contribution in [3.05, 3.63) is 53.1 Å². The summed E-state index contributed by atoms with van der Waals surface area (Å²) in [4.78, 5) is 35.4. The van der Waals surface area contributed by atoms with Gasteiger partial charge in [-0.05, 0) is 39.0 Å². The van der Waals surface area contributed by atoms with E-state index in [4.69, 9.17) is 0 Å². The molecule has 0 bridgehead atoms. The fourth-order valence-electron chi connectivity index (χ4n) is 3.28. The smallest absolute Gasteiger partial charge is 0.227 e. The topological polar surface area (TPSA) is 86.9 Å². The van der Waals surface area contributed by atoms with E-state index in [0.29, 0.717) is 23.8 Å². The van der Waals surface area contributed by atoms with Crippen LogP contribution in [0.4, 0.5) is 5.69 Å². The lowest BCUT2D eigenvalue weighted by atomic mass is 9.90. The van der Waals surface area contributed by atoms with Crippen molar-refractivity contribution in [2.75, 3.05) is 11.4 Å². The second-order valence-electron chi connectivity index (χ2n) is 6.69. The fraction of sp³-hybridized carbons (Fsp3) is 0.350. The molecule has 6 nitrogen and oxygen atoms in total. The van der Waals surface area contributed by atoms with Crippen LogP contribution < -0.4 is 4.90 Å². The monoisotopic (exact) mass is 348 g/mol. The quantitative estimate of drug-likeness (QED) is 0.848. The summed E-state index contributed by atoms with van der Waals surface area (Å²) in [6, 6.07) is 11.3. The highest BCUT2D eigenvalue weighted by molar-refractivity contribution is 6.02. The molecule has 1 saturated heterocycles. The van der Waals surface area contributed by atoms with E-state index in [1.807, 2.05) is 31.2 Å². The Morgan fingerprint density at radius 1 is 1.23 bits per heavy atom. The van der Waals surface area contributed by atoms with Crippen molar-refractivity contribution in [2.45, 2.75) is 33.1 Å². The maximum Gasteiger partial charge on any atom is 0.227 e. The summed E-state index contributed by atoms with van der Waals surface area (Å²) in [5, 5.41) is 9.54. The van der Waals surface area contributed by atoms with Crippen LogP contribution in [0.25, 0.3) is 0 Å². The molecule has 132 valence electrons. The van der Waals surface area contributed by atoms with Crippen LogP contribution in [0, 0.1) is 38.0 Å². The molecule has 0 spiro atoms. The number of hydrogen-bond donors (Lipinski definition) is 0. The molecule has 0 N–H and O–H groups in total. The minimum Gasteiger partial charge on any atom is -0.312 e. The molecule has 2 aromatic rings. The standard InChI is InChI=1S/C20H20N4O2/c1-12-4-6-16(7-5-12)24-11-15(9-19(24)25)20(26)17(10-21)18-8-13(2)22-14(3)23-18/h4-8,15,17H,9,11H2,1-3H3. The zero-order valence-corrected chi connectivity index (χ0v) is 15.1. The first-order chi connectivity index (χ1) is 12.4. The second kappa shape index (κ2) is 7.04. The molecule has 2 heterocycles. The third-order valence-electron chi connectivity index (χ3n) is 4.57. The predicted molar refractivity (Wildman–Crippen MR) is 96.5 cm³/mol. The highest BCUT2D eigenvalue weighted by Crippen LogP contribution is 2.29. The molecule has 0 aliphatic carbocycles. The lowest BCUT2D eigenvalue weighted by Gasteiger charge is -2.17. The number of aryl methyl sites for hydroxylation is 3. The predicted octanol–water partition coefficient (Wildman–Crippen LogP) is 2.63. The van der Waals surface area contributed by atoms with E-state index in [1.165, 1.54) is 0 Å². The molecule has 1 aromatic carbocycles. The molecule has 0 radical (unpaired) electrons. The number of carbonyl (C=O) groups excluding carboxylic acids is 2. The van der Waals surface area contributed by atoms with Crippen molar-refractivity contribution >= 4 is 17.4 Å². The van der Waals surface area contributed by atoms with Crippen molar-refractivity contribution in [1.82, 2.24) is 9.97 Å². The third kappa shape index (κ3) is 3.47. The van der Waals surface area contributed by atoms with Gasteiger partial charge in [-0.25, -0.2) is 9.97 Å². The number of carbonyl (C=O) groups is 2. The number of benzene rings is 1. The van der Waals surface area contributed by atoms with Crippen molar-refractivity contribution in [3.63, 3.8) is 0 Å². The molecule has 1 aromatic heterocycles. The van der Waals surface area contributed by atoms with Crippen LogP contribution >= 0.6 is 0 Å². The molecular weight excluding hydrogens is 328 g/mol. The summed E-state index contributed by atoms with van der Waals surface area (Å²) in [7, 11) is 0. The summed E-state index contributed by atoms with van der Waals surface area (Å²) < 4.78 is 0. The lowest BCUT2D eigenvalue weighted by Crippen LogP contribution is -2.27. The van der Waals surface area contributed by atoms with E-state index in [-0.39, 0.29) is 18.1 Å². The van der Waals surface area contributed by atoms with Gasteiger partial charge in [-0.1, -0.05) is 17.7 Å². The SMILES string of the molecule is Cc1ccc(N2CC(C(=O)C(C#N)c3cc(C)nc(C)n3)CC2=O)cc1. The van der Waals surface area contributed by atoms with Crippen LogP contribution in [0.3, 0.4) is 0 Å². The van der Waals surface area contributed by atoms with Crippen molar-refractivity contribution in [2.24, 2.45) is 5.92 Å². The zero-order chi connectivity index (χ0) is 18.8. The Labute approximate surface area is 152 Å². The number of amides is 1. The van der Waals surface area contributed by atoms with Gasteiger partial charge in [-0.3, -0.25) is 9.59 Å². The Bertz CT molecular complexity index is 879. The van der Waals surface area contributed by atoms with E-state index in [2.05, 4.69) is 16.0 Å². The highest BCUT2D eigenvalue weighted by Gasteiger charge is 2.39. The van der Waals surface area contributed by atoms with Crippen molar-refractivity contribution in [3.8, 4) is 6.07 Å². The number of aromatic nitrogens is 2. The molecule has 1 aliphatic heterocycles. The van der Waals surface area contributed by atoms with E-state index in [9.17, 15) is 14.9 Å². The first-order valence-corrected chi connectivity index (χ1v) is 8.51. The van der Waals surface area contributed by atoms with Gasteiger partial charge < -0.3 is 4.90 Å². The number of Topliss-reactive ketones (excluding diaryl/α,β-unsaturated/α-hetero) is 1. The lowest BCUT2D eigenvalue weighted by molar-refractivity contribution is -0.124.